The Morgan fingerprint density at radius 2 is 1.95 bits per heavy atom. The monoisotopic (exact) mass is 426 g/mol. The molecule has 0 spiro atoms. The molecule has 0 saturated heterocycles. The summed E-state index contributed by atoms with van der Waals surface area (Å²) in [5.74, 6) is -0.356. The molecular formula is C16H15IN2O2S. The van der Waals surface area contributed by atoms with Crippen molar-refractivity contribution in [3.8, 4) is 0 Å². The molecule has 0 amide bonds. The van der Waals surface area contributed by atoms with Crippen LogP contribution in [0.25, 0.3) is 0 Å². The van der Waals surface area contributed by atoms with Crippen molar-refractivity contribution < 1.29 is 9.53 Å². The van der Waals surface area contributed by atoms with Crippen molar-refractivity contribution in [1.29, 1.82) is 0 Å². The van der Waals surface area contributed by atoms with Gasteiger partial charge in [0.05, 0.1) is 12.7 Å². The summed E-state index contributed by atoms with van der Waals surface area (Å²) >= 11 is 7.54. The Kier molecular flexibility index (Phi) is 6.14. The van der Waals surface area contributed by atoms with Gasteiger partial charge in [0, 0.05) is 15.8 Å². The molecule has 114 valence electrons. The molecule has 0 atom stereocenters. The molecule has 0 aliphatic carbocycles. The fourth-order valence-corrected chi connectivity index (χ4v) is 2.61. The summed E-state index contributed by atoms with van der Waals surface area (Å²) in [6.07, 6.45) is 0. The molecule has 0 aromatic heterocycles. The topological polar surface area (TPSA) is 50.4 Å². The summed E-state index contributed by atoms with van der Waals surface area (Å²) < 4.78 is 5.85. The van der Waals surface area contributed by atoms with Crippen molar-refractivity contribution in [2.75, 3.05) is 12.4 Å². The first kappa shape index (κ1) is 16.7. The number of hydrogen-bond donors (Lipinski definition) is 2. The van der Waals surface area contributed by atoms with Crippen molar-refractivity contribution in [2.45, 2.75) is 6.54 Å². The molecule has 0 bridgehead atoms. The molecule has 2 aromatic carbocycles. The fourth-order valence-electron chi connectivity index (χ4n) is 1.81. The highest BCUT2D eigenvalue weighted by molar-refractivity contribution is 14.1. The van der Waals surface area contributed by atoms with Crippen LogP contribution in [-0.2, 0) is 11.3 Å². The number of thiocarbonyl (C=S) groups is 1. The number of carbonyl (C=O) groups is 1. The van der Waals surface area contributed by atoms with Gasteiger partial charge in [0.2, 0.25) is 0 Å². The highest BCUT2D eigenvalue weighted by Gasteiger charge is 2.05. The quantitative estimate of drug-likeness (QED) is 0.445. The second-order valence-electron chi connectivity index (χ2n) is 4.51. The minimum atomic E-state index is -0.356. The van der Waals surface area contributed by atoms with Gasteiger partial charge < -0.3 is 15.4 Å². The first-order chi connectivity index (χ1) is 10.6. The zero-order chi connectivity index (χ0) is 15.9. The first-order valence-corrected chi connectivity index (χ1v) is 8.05. The molecule has 0 aliphatic rings. The zero-order valence-corrected chi connectivity index (χ0v) is 14.9. The molecule has 0 saturated carbocycles. The van der Waals surface area contributed by atoms with Gasteiger partial charge in [0.25, 0.3) is 0 Å². The lowest BCUT2D eigenvalue weighted by Crippen LogP contribution is -2.27. The van der Waals surface area contributed by atoms with Crippen molar-refractivity contribution >= 4 is 51.6 Å². The van der Waals surface area contributed by atoms with E-state index in [0.29, 0.717) is 17.2 Å². The number of esters is 1. The number of benzene rings is 2. The van der Waals surface area contributed by atoms with E-state index in [9.17, 15) is 4.79 Å². The van der Waals surface area contributed by atoms with E-state index in [1.807, 2.05) is 18.2 Å². The normalized spacial score (nSPS) is 9.91. The van der Waals surface area contributed by atoms with Crippen molar-refractivity contribution in [1.82, 2.24) is 5.32 Å². The maximum Gasteiger partial charge on any atom is 0.337 e. The van der Waals surface area contributed by atoms with Crippen LogP contribution in [0.4, 0.5) is 5.69 Å². The minimum absolute atomic E-state index is 0.356. The Morgan fingerprint density at radius 3 is 2.59 bits per heavy atom. The van der Waals surface area contributed by atoms with Crippen molar-refractivity contribution in [3.05, 3.63) is 63.2 Å². The lowest BCUT2D eigenvalue weighted by atomic mass is 10.2. The lowest BCUT2D eigenvalue weighted by molar-refractivity contribution is 0.0601. The van der Waals surface area contributed by atoms with Gasteiger partial charge in [-0.2, -0.15) is 0 Å². The lowest BCUT2D eigenvalue weighted by Gasteiger charge is -2.11. The van der Waals surface area contributed by atoms with Crippen LogP contribution in [0.15, 0.2) is 48.5 Å². The maximum atomic E-state index is 11.4. The van der Waals surface area contributed by atoms with E-state index in [0.717, 1.165) is 11.3 Å². The Labute approximate surface area is 148 Å². The Hall–Kier alpha value is -1.67. The zero-order valence-electron chi connectivity index (χ0n) is 11.9. The molecule has 6 heteroatoms. The van der Waals surface area contributed by atoms with Gasteiger partial charge in [0.15, 0.2) is 5.11 Å². The van der Waals surface area contributed by atoms with Crippen LogP contribution in [-0.4, -0.2) is 18.2 Å². The molecule has 0 fully saturated rings. The van der Waals surface area contributed by atoms with Crippen LogP contribution in [0.1, 0.15) is 15.9 Å². The van der Waals surface area contributed by atoms with Crippen LogP contribution in [0.5, 0.6) is 0 Å². The molecule has 4 nitrogen and oxygen atoms in total. The molecule has 2 N–H and O–H groups in total. The number of hydrogen-bond acceptors (Lipinski definition) is 3. The van der Waals surface area contributed by atoms with E-state index >= 15 is 0 Å². The minimum Gasteiger partial charge on any atom is -0.465 e. The third-order valence-corrected chi connectivity index (χ3v) is 3.82. The summed E-state index contributed by atoms with van der Waals surface area (Å²) in [5.41, 5.74) is 2.48. The molecule has 0 heterocycles. The smallest absolute Gasteiger partial charge is 0.337 e. The molecule has 0 unspecified atom stereocenters. The number of ether oxygens (including phenoxy) is 1. The molecule has 0 aliphatic heterocycles. The van der Waals surface area contributed by atoms with E-state index in [-0.39, 0.29) is 5.97 Å². The van der Waals surface area contributed by atoms with Crippen LogP contribution in [0.2, 0.25) is 0 Å². The van der Waals surface area contributed by atoms with E-state index < -0.39 is 0 Å². The van der Waals surface area contributed by atoms with Gasteiger partial charge in [-0.05, 0) is 76.8 Å². The van der Waals surface area contributed by atoms with Gasteiger partial charge >= 0.3 is 5.97 Å². The van der Waals surface area contributed by atoms with Gasteiger partial charge in [-0.1, -0.05) is 12.1 Å². The Bertz CT molecular complexity index is 674. The van der Waals surface area contributed by atoms with Gasteiger partial charge in [-0.15, -0.1) is 0 Å². The fraction of sp³-hybridized carbons (Fsp3) is 0.125. The third-order valence-electron chi connectivity index (χ3n) is 2.91. The number of nitrogens with one attached hydrogen (secondary N) is 2. The predicted octanol–water partition coefficient (Wildman–Crippen LogP) is 3.56. The van der Waals surface area contributed by atoms with Crippen LogP contribution < -0.4 is 10.6 Å². The number of carbonyl (C=O) groups excluding carboxylic acids is 1. The second kappa shape index (κ2) is 8.09. The summed E-state index contributed by atoms with van der Waals surface area (Å²) in [7, 11) is 1.36. The summed E-state index contributed by atoms with van der Waals surface area (Å²) in [4.78, 5) is 11.4. The van der Waals surface area contributed by atoms with Crippen LogP contribution >= 0.6 is 34.8 Å². The number of rotatable bonds is 4. The van der Waals surface area contributed by atoms with Gasteiger partial charge in [0.1, 0.15) is 0 Å². The molecule has 2 rings (SSSR count). The van der Waals surface area contributed by atoms with Crippen LogP contribution in [0.3, 0.4) is 0 Å². The van der Waals surface area contributed by atoms with Crippen LogP contribution in [0, 0.1) is 3.57 Å². The Balaban J connectivity index is 1.88. The van der Waals surface area contributed by atoms with E-state index in [1.54, 1.807) is 24.3 Å². The molecule has 22 heavy (non-hydrogen) atoms. The largest absolute Gasteiger partial charge is 0.465 e. The van der Waals surface area contributed by atoms with E-state index in [4.69, 9.17) is 12.2 Å². The van der Waals surface area contributed by atoms with Gasteiger partial charge in [-0.3, -0.25) is 0 Å². The van der Waals surface area contributed by atoms with E-state index in [2.05, 4.69) is 44.0 Å². The summed E-state index contributed by atoms with van der Waals surface area (Å²) in [6, 6.07) is 15.2. The number of methoxy groups -OCH3 is 1. The second-order valence-corrected chi connectivity index (χ2v) is 6.16. The standard InChI is InChI=1S/C16H15IN2O2S/c1-21-15(20)12-5-7-14(8-6-12)19-16(22)18-10-11-3-2-4-13(17)9-11/h2-9H,10H2,1H3,(H2,18,19,22). The van der Waals surface area contributed by atoms with Crippen molar-refractivity contribution in [3.63, 3.8) is 0 Å². The molecular weight excluding hydrogens is 411 g/mol. The first-order valence-electron chi connectivity index (χ1n) is 6.56. The number of anilines is 1. The van der Waals surface area contributed by atoms with Gasteiger partial charge in [-0.25, -0.2) is 4.79 Å². The van der Waals surface area contributed by atoms with Crippen molar-refractivity contribution in [2.24, 2.45) is 0 Å². The predicted molar refractivity (Wildman–Crippen MR) is 100 cm³/mol. The average molecular weight is 426 g/mol. The SMILES string of the molecule is COC(=O)c1ccc(NC(=S)NCc2cccc(I)c2)cc1. The molecule has 0 radical (unpaired) electrons. The maximum absolute atomic E-state index is 11.4. The highest BCUT2D eigenvalue weighted by atomic mass is 127. The third kappa shape index (κ3) is 4.96. The summed E-state index contributed by atoms with van der Waals surface area (Å²) in [5, 5.41) is 6.76. The highest BCUT2D eigenvalue weighted by Crippen LogP contribution is 2.11. The summed E-state index contributed by atoms with van der Waals surface area (Å²) in [6.45, 7) is 0.656. The van der Waals surface area contributed by atoms with E-state index in [1.165, 1.54) is 10.7 Å². The number of halogens is 1. The molecule has 2 aromatic rings. The average Bonchev–Trinajstić information content (AvgIpc) is 2.53. The Morgan fingerprint density at radius 1 is 1.23 bits per heavy atom.